The predicted octanol–water partition coefficient (Wildman–Crippen LogP) is 3.39. The van der Waals surface area contributed by atoms with Gasteiger partial charge in [0.1, 0.15) is 23.0 Å². The van der Waals surface area contributed by atoms with Crippen molar-refractivity contribution in [3.63, 3.8) is 0 Å². The number of halogens is 1. The molecule has 0 spiro atoms. The van der Waals surface area contributed by atoms with Gasteiger partial charge in [-0.05, 0) is 30.7 Å². The van der Waals surface area contributed by atoms with Gasteiger partial charge in [0.25, 0.3) is 0 Å². The molecule has 0 aliphatic carbocycles. The molecule has 26 heavy (non-hydrogen) atoms. The molecule has 0 aliphatic heterocycles. The molecule has 0 saturated carbocycles. The lowest BCUT2D eigenvalue weighted by atomic mass is 10.2. The Balaban J connectivity index is 1.97. The number of aliphatic carboxylic acids is 1. The van der Waals surface area contributed by atoms with Crippen LogP contribution in [0.25, 0.3) is 16.9 Å². The van der Waals surface area contributed by atoms with E-state index >= 15 is 0 Å². The number of carbonyl (C=O) groups is 1. The highest BCUT2D eigenvalue weighted by Crippen LogP contribution is 2.30. The third-order valence-corrected chi connectivity index (χ3v) is 4.15. The zero-order valence-corrected chi connectivity index (χ0v) is 15.4. The lowest BCUT2D eigenvalue weighted by Gasteiger charge is -2.12. The molecule has 0 atom stereocenters. The first-order valence-corrected chi connectivity index (χ1v) is 8.60. The van der Waals surface area contributed by atoms with Crippen LogP contribution in [0.5, 0.6) is 0 Å². The second-order valence-corrected chi connectivity index (χ2v) is 6.54. The van der Waals surface area contributed by atoms with E-state index in [4.69, 9.17) is 16.7 Å². The summed E-state index contributed by atoms with van der Waals surface area (Å²) in [6.07, 6.45) is 4.19. The smallest absolute Gasteiger partial charge is 0.303 e. The number of carboxylic acids is 1. The minimum Gasteiger partial charge on any atom is -0.481 e. The van der Waals surface area contributed by atoms with Crippen LogP contribution in [0.15, 0.2) is 36.7 Å². The van der Waals surface area contributed by atoms with Crippen molar-refractivity contribution in [3.05, 3.63) is 41.7 Å². The van der Waals surface area contributed by atoms with Crippen LogP contribution in [0, 0.1) is 0 Å². The molecule has 0 amide bonds. The molecular weight excluding hydrogens is 354 g/mol. The normalized spacial score (nSPS) is 10.9. The lowest BCUT2D eigenvalue weighted by molar-refractivity contribution is -0.137. The number of rotatable bonds is 7. The standard InChI is InChI=1S/C18H20ClN5O2/c1-23(2)14-7-5-12(10-21-14)17-18(20-9-3-4-16(25)26)24-11-13(19)6-8-15(24)22-17/h5-8,10-11,20H,3-4,9H2,1-2H3,(H,25,26). The van der Waals surface area contributed by atoms with E-state index in [1.54, 1.807) is 18.5 Å². The van der Waals surface area contributed by atoms with Crippen LogP contribution in [0.3, 0.4) is 0 Å². The van der Waals surface area contributed by atoms with Gasteiger partial charge in [-0.3, -0.25) is 9.20 Å². The number of pyridine rings is 2. The molecule has 136 valence electrons. The Morgan fingerprint density at radius 3 is 2.77 bits per heavy atom. The van der Waals surface area contributed by atoms with E-state index in [-0.39, 0.29) is 6.42 Å². The van der Waals surface area contributed by atoms with E-state index in [1.807, 2.05) is 41.6 Å². The topological polar surface area (TPSA) is 82.8 Å². The van der Waals surface area contributed by atoms with E-state index in [0.717, 1.165) is 28.5 Å². The quantitative estimate of drug-likeness (QED) is 0.618. The van der Waals surface area contributed by atoms with Gasteiger partial charge in [0.2, 0.25) is 0 Å². The van der Waals surface area contributed by atoms with Crippen LogP contribution >= 0.6 is 11.6 Å². The van der Waals surface area contributed by atoms with Crippen molar-refractivity contribution in [2.24, 2.45) is 0 Å². The van der Waals surface area contributed by atoms with Gasteiger partial charge >= 0.3 is 5.97 Å². The van der Waals surface area contributed by atoms with Crippen molar-refractivity contribution >= 4 is 34.9 Å². The van der Waals surface area contributed by atoms with Gasteiger partial charge in [-0.15, -0.1) is 0 Å². The largest absolute Gasteiger partial charge is 0.481 e. The summed E-state index contributed by atoms with van der Waals surface area (Å²) in [7, 11) is 3.87. The molecule has 0 unspecified atom stereocenters. The number of hydrogen-bond donors (Lipinski definition) is 2. The molecular formula is C18H20ClN5O2. The van der Waals surface area contributed by atoms with Crippen molar-refractivity contribution < 1.29 is 9.90 Å². The summed E-state index contributed by atoms with van der Waals surface area (Å²) >= 11 is 6.13. The minimum absolute atomic E-state index is 0.110. The summed E-state index contributed by atoms with van der Waals surface area (Å²) in [6, 6.07) is 7.53. The number of hydrogen-bond acceptors (Lipinski definition) is 5. The van der Waals surface area contributed by atoms with Crippen LogP contribution in [0.1, 0.15) is 12.8 Å². The molecule has 3 aromatic rings. The van der Waals surface area contributed by atoms with Crippen LogP contribution in [0.4, 0.5) is 11.6 Å². The van der Waals surface area contributed by atoms with Gasteiger partial charge < -0.3 is 15.3 Å². The third kappa shape index (κ3) is 3.88. The summed E-state index contributed by atoms with van der Waals surface area (Å²) in [5.41, 5.74) is 2.37. The maximum Gasteiger partial charge on any atom is 0.303 e. The molecule has 7 nitrogen and oxygen atoms in total. The third-order valence-electron chi connectivity index (χ3n) is 3.92. The number of anilines is 2. The Labute approximate surface area is 156 Å². The van der Waals surface area contributed by atoms with E-state index in [9.17, 15) is 4.79 Å². The Bertz CT molecular complexity index is 921. The van der Waals surface area contributed by atoms with Crippen molar-refractivity contribution in [2.75, 3.05) is 30.9 Å². The zero-order chi connectivity index (χ0) is 18.7. The molecule has 3 heterocycles. The Morgan fingerprint density at radius 2 is 2.12 bits per heavy atom. The fourth-order valence-electron chi connectivity index (χ4n) is 2.63. The zero-order valence-electron chi connectivity index (χ0n) is 14.6. The molecule has 0 aromatic carbocycles. The SMILES string of the molecule is CN(C)c1ccc(-c2nc3ccc(Cl)cn3c2NCCCC(=O)O)cn1. The summed E-state index contributed by atoms with van der Waals surface area (Å²) < 4.78 is 1.87. The second-order valence-electron chi connectivity index (χ2n) is 6.11. The maximum absolute atomic E-state index is 10.7. The number of carboxylic acid groups (broad SMARTS) is 1. The van der Waals surface area contributed by atoms with Crippen molar-refractivity contribution in [2.45, 2.75) is 12.8 Å². The molecule has 0 saturated heterocycles. The van der Waals surface area contributed by atoms with E-state index in [1.165, 1.54) is 0 Å². The summed E-state index contributed by atoms with van der Waals surface area (Å²) in [6.45, 7) is 0.517. The number of fused-ring (bicyclic) bond motifs is 1. The van der Waals surface area contributed by atoms with Gasteiger partial charge in [0.15, 0.2) is 0 Å². The van der Waals surface area contributed by atoms with Crippen molar-refractivity contribution in [3.8, 4) is 11.3 Å². The van der Waals surface area contributed by atoms with Crippen molar-refractivity contribution in [1.82, 2.24) is 14.4 Å². The lowest BCUT2D eigenvalue weighted by Crippen LogP contribution is -2.10. The van der Waals surface area contributed by atoms with Gasteiger partial charge in [-0.1, -0.05) is 11.6 Å². The maximum atomic E-state index is 10.7. The first kappa shape index (κ1) is 18.0. The van der Waals surface area contributed by atoms with Crippen LogP contribution < -0.4 is 10.2 Å². The van der Waals surface area contributed by atoms with Gasteiger partial charge in [0, 0.05) is 45.0 Å². The number of imidazole rings is 1. The molecule has 0 fully saturated rings. The number of nitrogens with zero attached hydrogens (tertiary/aromatic N) is 4. The Hall–Kier alpha value is -2.80. The molecule has 0 aliphatic rings. The van der Waals surface area contributed by atoms with Crippen LogP contribution in [0.2, 0.25) is 5.02 Å². The van der Waals surface area contributed by atoms with E-state index in [2.05, 4.69) is 15.3 Å². The second kappa shape index (κ2) is 7.61. The molecule has 0 radical (unpaired) electrons. The fourth-order valence-corrected chi connectivity index (χ4v) is 2.79. The van der Waals surface area contributed by atoms with E-state index < -0.39 is 5.97 Å². The first-order valence-electron chi connectivity index (χ1n) is 8.23. The summed E-state index contributed by atoms with van der Waals surface area (Å²) in [4.78, 5) is 21.8. The average molecular weight is 374 g/mol. The Kier molecular flexibility index (Phi) is 5.27. The van der Waals surface area contributed by atoms with Gasteiger partial charge in [-0.25, -0.2) is 9.97 Å². The first-order chi connectivity index (χ1) is 12.5. The average Bonchev–Trinajstić information content (AvgIpc) is 2.96. The van der Waals surface area contributed by atoms with Gasteiger partial charge in [-0.2, -0.15) is 0 Å². The Morgan fingerprint density at radius 1 is 1.31 bits per heavy atom. The fraction of sp³-hybridized carbons (Fsp3) is 0.278. The minimum atomic E-state index is -0.809. The molecule has 2 N–H and O–H groups in total. The predicted molar refractivity (Wildman–Crippen MR) is 103 cm³/mol. The highest BCUT2D eigenvalue weighted by atomic mass is 35.5. The highest BCUT2D eigenvalue weighted by Gasteiger charge is 2.15. The monoisotopic (exact) mass is 373 g/mol. The summed E-state index contributed by atoms with van der Waals surface area (Å²) in [5.74, 6) is 0.820. The van der Waals surface area contributed by atoms with Crippen molar-refractivity contribution in [1.29, 1.82) is 0 Å². The molecule has 3 aromatic heterocycles. The number of aromatic nitrogens is 3. The highest BCUT2D eigenvalue weighted by molar-refractivity contribution is 6.30. The van der Waals surface area contributed by atoms with Crippen LogP contribution in [-0.4, -0.2) is 46.1 Å². The van der Waals surface area contributed by atoms with Gasteiger partial charge in [0.05, 0.1) is 5.02 Å². The van der Waals surface area contributed by atoms with Crippen LogP contribution in [-0.2, 0) is 4.79 Å². The molecule has 0 bridgehead atoms. The molecule has 3 rings (SSSR count). The summed E-state index contributed by atoms with van der Waals surface area (Å²) in [5, 5.41) is 12.7. The number of nitrogens with one attached hydrogen (secondary N) is 1. The molecule has 8 heteroatoms. The van der Waals surface area contributed by atoms with E-state index in [0.29, 0.717) is 18.0 Å².